The van der Waals surface area contributed by atoms with E-state index in [1.54, 1.807) is 32.3 Å². The monoisotopic (exact) mass is 551 g/mol. The summed E-state index contributed by atoms with van der Waals surface area (Å²) in [6.07, 6.45) is 1.56. The number of benzene rings is 4. The second kappa shape index (κ2) is 10.8. The Morgan fingerprint density at radius 3 is 2.21 bits per heavy atom. The molecule has 0 aliphatic heterocycles. The second-order valence-corrected chi connectivity index (χ2v) is 10.1. The van der Waals surface area contributed by atoms with Gasteiger partial charge < -0.3 is 14.8 Å². The van der Waals surface area contributed by atoms with E-state index in [-0.39, 0.29) is 0 Å². The number of methoxy groups -OCH3 is 2. The van der Waals surface area contributed by atoms with Crippen LogP contribution < -0.4 is 14.8 Å². The third-order valence-corrected chi connectivity index (χ3v) is 7.52. The lowest BCUT2D eigenvalue weighted by atomic mass is 10.0. The average molecular weight is 552 g/mol. The highest BCUT2D eigenvalue weighted by molar-refractivity contribution is 7.99. The zero-order chi connectivity index (χ0) is 26.8. The SMILES string of the molecule is COc1cc2ncnc(Sc3ccc(Nc4nnc(-c5ccc(Cl)cc5)c5ccccc45)cc3)c2cc1OC. The average Bonchev–Trinajstić information content (AvgIpc) is 2.98. The Morgan fingerprint density at radius 1 is 0.744 bits per heavy atom. The van der Waals surface area contributed by atoms with Crippen molar-refractivity contribution in [1.82, 2.24) is 20.2 Å². The fourth-order valence-electron chi connectivity index (χ4n) is 4.31. The Morgan fingerprint density at radius 2 is 1.46 bits per heavy atom. The van der Waals surface area contributed by atoms with Gasteiger partial charge in [-0.1, -0.05) is 59.8 Å². The van der Waals surface area contributed by atoms with E-state index in [0.29, 0.717) is 22.3 Å². The van der Waals surface area contributed by atoms with E-state index in [0.717, 1.165) is 48.5 Å². The third-order valence-electron chi connectivity index (χ3n) is 6.24. The van der Waals surface area contributed by atoms with Crippen molar-refractivity contribution in [2.24, 2.45) is 0 Å². The van der Waals surface area contributed by atoms with Crippen LogP contribution in [0.25, 0.3) is 32.9 Å². The molecule has 192 valence electrons. The molecule has 4 aromatic carbocycles. The van der Waals surface area contributed by atoms with Crippen molar-refractivity contribution in [3.05, 3.63) is 96.3 Å². The molecule has 0 aliphatic carbocycles. The normalized spacial score (nSPS) is 11.1. The zero-order valence-electron chi connectivity index (χ0n) is 21.1. The predicted molar refractivity (Wildman–Crippen MR) is 156 cm³/mol. The lowest BCUT2D eigenvalue weighted by Gasteiger charge is -2.12. The van der Waals surface area contributed by atoms with E-state index >= 15 is 0 Å². The first-order valence-electron chi connectivity index (χ1n) is 12.1. The van der Waals surface area contributed by atoms with Gasteiger partial charge in [-0.05, 0) is 42.5 Å². The molecule has 2 aromatic heterocycles. The first-order chi connectivity index (χ1) is 19.1. The number of hydrogen-bond acceptors (Lipinski definition) is 8. The lowest BCUT2D eigenvalue weighted by molar-refractivity contribution is 0.355. The van der Waals surface area contributed by atoms with Crippen LogP contribution in [0.4, 0.5) is 11.5 Å². The van der Waals surface area contributed by atoms with Crippen LogP contribution in [-0.2, 0) is 0 Å². The fourth-order valence-corrected chi connectivity index (χ4v) is 5.31. The Bertz CT molecular complexity index is 1800. The number of fused-ring (bicyclic) bond motifs is 2. The molecule has 6 rings (SSSR count). The number of halogens is 1. The third kappa shape index (κ3) is 5.04. The first kappa shape index (κ1) is 24.9. The molecular formula is C30H22ClN5O2S. The smallest absolute Gasteiger partial charge is 0.162 e. The van der Waals surface area contributed by atoms with Gasteiger partial charge >= 0.3 is 0 Å². The van der Waals surface area contributed by atoms with Crippen LogP contribution >= 0.6 is 23.4 Å². The van der Waals surface area contributed by atoms with Crippen LogP contribution in [0.5, 0.6) is 11.5 Å². The van der Waals surface area contributed by atoms with Gasteiger partial charge in [0.15, 0.2) is 17.3 Å². The Kier molecular flexibility index (Phi) is 6.87. The summed E-state index contributed by atoms with van der Waals surface area (Å²) in [5.41, 5.74) is 3.46. The number of anilines is 2. The Balaban J connectivity index is 1.27. The van der Waals surface area contributed by atoms with Crippen molar-refractivity contribution in [3.63, 3.8) is 0 Å². The van der Waals surface area contributed by atoms with E-state index in [1.165, 1.54) is 0 Å². The summed E-state index contributed by atoms with van der Waals surface area (Å²) in [6.45, 7) is 0. The molecule has 1 N–H and O–H groups in total. The van der Waals surface area contributed by atoms with Gasteiger partial charge in [-0.2, -0.15) is 0 Å². The molecule has 0 amide bonds. The number of rotatable bonds is 7. The summed E-state index contributed by atoms with van der Waals surface area (Å²) in [4.78, 5) is 9.94. The van der Waals surface area contributed by atoms with Crippen molar-refractivity contribution in [2.75, 3.05) is 19.5 Å². The molecule has 0 fully saturated rings. The summed E-state index contributed by atoms with van der Waals surface area (Å²) < 4.78 is 10.9. The minimum atomic E-state index is 0.631. The molecule has 7 nitrogen and oxygen atoms in total. The highest BCUT2D eigenvalue weighted by atomic mass is 35.5. The summed E-state index contributed by atoms with van der Waals surface area (Å²) in [6, 6.07) is 27.6. The maximum Gasteiger partial charge on any atom is 0.162 e. The van der Waals surface area contributed by atoms with Gasteiger partial charge in [0, 0.05) is 43.4 Å². The van der Waals surface area contributed by atoms with Crippen molar-refractivity contribution in [2.45, 2.75) is 9.92 Å². The summed E-state index contributed by atoms with van der Waals surface area (Å²) in [5.74, 6) is 1.95. The number of ether oxygens (including phenoxy) is 2. The molecule has 39 heavy (non-hydrogen) atoms. The molecule has 0 saturated carbocycles. The molecule has 9 heteroatoms. The molecule has 0 unspecified atom stereocenters. The molecule has 0 radical (unpaired) electrons. The standard InChI is InChI=1S/C30H22ClN5O2S/c1-37-26-15-24-25(16-27(26)38-2)32-17-33-30(24)39-21-13-11-20(12-14-21)34-29-23-6-4-3-5-22(23)28(35-36-29)18-7-9-19(31)10-8-18/h3-17H,1-2H3,(H,34,36). The van der Waals surface area contributed by atoms with E-state index in [9.17, 15) is 0 Å². The molecule has 0 spiro atoms. The van der Waals surface area contributed by atoms with Gasteiger partial charge in [0.25, 0.3) is 0 Å². The highest BCUT2D eigenvalue weighted by Gasteiger charge is 2.13. The van der Waals surface area contributed by atoms with E-state index < -0.39 is 0 Å². The maximum atomic E-state index is 6.07. The van der Waals surface area contributed by atoms with Crippen LogP contribution in [0.2, 0.25) is 5.02 Å². The van der Waals surface area contributed by atoms with Crippen LogP contribution in [0.3, 0.4) is 0 Å². The lowest BCUT2D eigenvalue weighted by Crippen LogP contribution is -1.99. The molecule has 6 aromatic rings. The molecule has 0 aliphatic rings. The van der Waals surface area contributed by atoms with Gasteiger partial charge in [0.1, 0.15) is 17.0 Å². The van der Waals surface area contributed by atoms with Crippen LogP contribution in [0, 0.1) is 0 Å². The molecular weight excluding hydrogens is 530 g/mol. The van der Waals surface area contributed by atoms with Gasteiger partial charge in [0.05, 0.1) is 19.7 Å². The Labute approximate surface area is 234 Å². The molecule has 2 heterocycles. The molecule has 0 saturated heterocycles. The van der Waals surface area contributed by atoms with Crippen molar-refractivity contribution in [1.29, 1.82) is 0 Å². The molecule has 0 bridgehead atoms. The van der Waals surface area contributed by atoms with Gasteiger partial charge in [-0.15, -0.1) is 10.2 Å². The van der Waals surface area contributed by atoms with Crippen LogP contribution in [0.1, 0.15) is 0 Å². The van der Waals surface area contributed by atoms with Gasteiger partial charge in [0.2, 0.25) is 0 Å². The van der Waals surface area contributed by atoms with Crippen molar-refractivity contribution >= 4 is 56.5 Å². The van der Waals surface area contributed by atoms with Gasteiger partial charge in [-0.25, -0.2) is 9.97 Å². The topological polar surface area (TPSA) is 82.1 Å². The summed E-state index contributed by atoms with van der Waals surface area (Å²) >= 11 is 7.63. The van der Waals surface area contributed by atoms with Gasteiger partial charge in [-0.3, -0.25) is 0 Å². The maximum absolute atomic E-state index is 6.07. The van der Waals surface area contributed by atoms with Crippen molar-refractivity contribution < 1.29 is 9.47 Å². The largest absolute Gasteiger partial charge is 0.493 e. The first-order valence-corrected chi connectivity index (χ1v) is 13.3. The second-order valence-electron chi connectivity index (χ2n) is 8.60. The van der Waals surface area contributed by atoms with E-state index in [4.69, 9.17) is 21.1 Å². The Hall–Kier alpha value is -4.40. The number of aromatic nitrogens is 4. The highest BCUT2D eigenvalue weighted by Crippen LogP contribution is 2.38. The molecule has 0 atom stereocenters. The van der Waals surface area contributed by atoms with Crippen LogP contribution in [0.15, 0.2) is 101 Å². The van der Waals surface area contributed by atoms with E-state index in [1.807, 2.05) is 78.9 Å². The minimum Gasteiger partial charge on any atom is -0.493 e. The summed E-state index contributed by atoms with van der Waals surface area (Å²) in [7, 11) is 3.23. The quantitative estimate of drug-likeness (QED) is 0.201. The number of nitrogens with zero attached hydrogens (tertiary/aromatic N) is 4. The fraction of sp³-hybridized carbons (Fsp3) is 0.0667. The number of hydrogen-bond donors (Lipinski definition) is 1. The predicted octanol–water partition coefficient (Wildman–Crippen LogP) is 7.81. The van der Waals surface area contributed by atoms with E-state index in [2.05, 4.69) is 31.5 Å². The minimum absolute atomic E-state index is 0.631. The zero-order valence-corrected chi connectivity index (χ0v) is 22.6. The summed E-state index contributed by atoms with van der Waals surface area (Å²) in [5, 5.41) is 16.9. The number of nitrogens with one attached hydrogen (secondary N) is 1. The van der Waals surface area contributed by atoms with Crippen molar-refractivity contribution in [3.8, 4) is 22.8 Å². The van der Waals surface area contributed by atoms with Crippen LogP contribution in [-0.4, -0.2) is 34.4 Å².